The predicted octanol–water partition coefficient (Wildman–Crippen LogP) is 2.72. The Labute approximate surface area is 186 Å². The lowest BCUT2D eigenvalue weighted by molar-refractivity contribution is -0.115. The van der Waals surface area contributed by atoms with Gasteiger partial charge < -0.3 is 5.32 Å². The second-order valence-electron chi connectivity index (χ2n) is 8.38. The van der Waals surface area contributed by atoms with Crippen molar-refractivity contribution in [3.63, 3.8) is 0 Å². The molecular formula is C21H23F2N5O3S. The molecule has 0 aliphatic rings. The van der Waals surface area contributed by atoms with Gasteiger partial charge in [-0.05, 0) is 19.1 Å². The van der Waals surface area contributed by atoms with Crippen LogP contribution in [0.15, 0.2) is 32.8 Å². The van der Waals surface area contributed by atoms with Gasteiger partial charge in [-0.25, -0.2) is 23.5 Å². The summed E-state index contributed by atoms with van der Waals surface area (Å²) in [4.78, 5) is 46.9. The summed E-state index contributed by atoms with van der Waals surface area (Å²) in [6.07, 6.45) is 0. The fourth-order valence-electron chi connectivity index (χ4n) is 2.90. The highest BCUT2D eigenvalue weighted by atomic mass is 32.2. The van der Waals surface area contributed by atoms with Crippen molar-refractivity contribution >= 4 is 34.4 Å². The largest absolute Gasteiger partial charge is 0.332 e. The maximum atomic E-state index is 13.9. The third-order valence-electron chi connectivity index (χ3n) is 4.78. The minimum Gasteiger partial charge on any atom is -0.323 e. The number of aromatic nitrogens is 4. The normalized spacial score (nSPS) is 12.8. The van der Waals surface area contributed by atoms with Crippen molar-refractivity contribution in [2.75, 3.05) is 5.32 Å². The van der Waals surface area contributed by atoms with Crippen molar-refractivity contribution in [2.45, 2.75) is 43.4 Å². The lowest BCUT2D eigenvalue weighted by atomic mass is 9.96. The fourth-order valence-corrected chi connectivity index (χ4v) is 3.83. The van der Waals surface area contributed by atoms with Crippen molar-refractivity contribution in [1.82, 2.24) is 19.1 Å². The first-order chi connectivity index (χ1) is 14.8. The number of rotatable bonds is 4. The first-order valence-corrected chi connectivity index (χ1v) is 10.6. The highest BCUT2D eigenvalue weighted by Crippen LogP contribution is 2.30. The Kier molecular flexibility index (Phi) is 6.23. The Bertz CT molecular complexity index is 1340. The lowest BCUT2D eigenvalue weighted by Crippen LogP contribution is -2.38. The molecular weight excluding hydrogens is 440 g/mol. The number of nitrogens with zero attached hydrogens (tertiary/aromatic N) is 4. The minimum absolute atomic E-state index is 0.111. The first kappa shape index (κ1) is 23.6. The maximum absolute atomic E-state index is 13.9. The third-order valence-corrected chi connectivity index (χ3v) is 5.87. The molecule has 0 fully saturated rings. The van der Waals surface area contributed by atoms with Crippen LogP contribution in [0.3, 0.4) is 0 Å². The van der Waals surface area contributed by atoms with Gasteiger partial charge in [0.1, 0.15) is 27.9 Å². The smallest absolute Gasteiger partial charge is 0.323 e. The molecule has 1 N–H and O–H groups in total. The number of anilines is 1. The number of benzene rings is 1. The average Bonchev–Trinajstić information content (AvgIpc) is 2.71. The van der Waals surface area contributed by atoms with Crippen LogP contribution >= 0.6 is 11.8 Å². The number of fused-ring (bicyclic) bond motifs is 1. The number of carbonyl (C=O) groups excluding carboxylic acids is 1. The molecule has 32 heavy (non-hydrogen) atoms. The summed E-state index contributed by atoms with van der Waals surface area (Å²) in [6, 6.07) is 2.84. The van der Waals surface area contributed by atoms with Crippen molar-refractivity contribution in [3.05, 3.63) is 56.5 Å². The molecule has 8 nitrogen and oxygen atoms in total. The van der Waals surface area contributed by atoms with Crippen molar-refractivity contribution in [1.29, 1.82) is 0 Å². The first-order valence-electron chi connectivity index (χ1n) is 9.72. The molecule has 0 saturated carbocycles. The number of thioether (sulfide) groups is 1. The van der Waals surface area contributed by atoms with Crippen molar-refractivity contribution in [3.8, 4) is 0 Å². The summed E-state index contributed by atoms with van der Waals surface area (Å²) in [6.45, 7) is 7.22. The number of nitrogens with one attached hydrogen (secondary N) is 1. The Hall–Kier alpha value is -3.08. The SMILES string of the molecule is CC(Sc1nc(C(C)(C)C)nc2c1c(=O)n(C)c(=O)n2C)C(=O)Nc1ccc(F)cc1F. The van der Waals surface area contributed by atoms with Gasteiger partial charge in [0.15, 0.2) is 5.65 Å². The molecule has 1 amide bonds. The summed E-state index contributed by atoms with van der Waals surface area (Å²) in [7, 11) is 2.86. The zero-order valence-corrected chi connectivity index (χ0v) is 19.3. The van der Waals surface area contributed by atoms with Gasteiger partial charge in [0.05, 0.1) is 10.9 Å². The van der Waals surface area contributed by atoms with E-state index < -0.39 is 39.5 Å². The van der Waals surface area contributed by atoms with Crippen molar-refractivity contribution in [2.24, 2.45) is 14.1 Å². The maximum Gasteiger partial charge on any atom is 0.332 e. The van der Waals surface area contributed by atoms with E-state index in [0.29, 0.717) is 11.9 Å². The van der Waals surface area contributed by atoms with E-state index in [-0.39, 0.29) is 21.7 Å². The zero-order chi connectivity index (χ0) is 24.0. The standard InChI is InChI=1S/C21H23F2N5O3S/c1-10(16(29)24-13-8-7-11(22)9-12(13)23)32-17-14-15(25-19(26-17)21(2,3)4)27(5)20(31)28(6)18(14)30/h7-10H,1-6H3,(H,24,29). The molecule has 0 aliphatic carbocycles. The number of aryl methyl sites for hydroxylation is 1. The van der Waals surface area contributed by atoms with Gasteiger partial charge in [0, 0.05) is 25.6 Å². The fraction of sp³-hybridized carbons (Fsp3) is 0.381. The Balaban J connectivity index is 2.08. The van der Waals surface area contributed by atoms with E-state index in [1.54, 1.807) is 6.92 Å². The number of hydrogen-bond donors (Lipinski definition) is 1. The summed E-state index contributed by atoms with van der Waals surface area (Å²) in [5.74, 6) is -1.83. The predicted molar refractivity (Wildman–Crippen MR) is 119 cm³/mol. The molecule has 3 aromatic rings. The highest BCUT2D eigenvalue weighted by molar-refractivity contribution is 8.00. The van der Waals surface area contributed by atoms with Crippen LogP contribution < -0.4 is 16.6 Å². The lowest BCUT2D eigenvalue weighted by Gasteiger charge is -2.20. The van der Waals surface area contributed by atoms with E-state index in [1.807, 2.05) is 20.8 Å². The summed E-state index contributed by atoms with van der Waals surface area (Å²) < 4.78 is 29.2. The minimum atomic E-state index is -0.901. The second-order valence-corrected chi connectivity index (χ2v) is 9.71. The average molecular weight is 464 g/mol. The van der Waals surface area contributed by atoms with E-state index in [4.69, 9.17) is 0 Å². The second kappa shape index (κ2) is 8.45. The van der Waals surface area contributed by atoms with Crippen LogP contribution in [0.5, 0.6) is 0 Å². The summed E-state index contributed by atoms with van der Waals surface area (Å²) in [5, 5.41) is 1.96. The van der Waals surface area contributed by atoms with E-state index in [9.17, 15) is 23.2 Å². The molecule has 0 bridgehead atoms. The topological polar surface area (TPSA) is 98.9 Å². The van der Waals surface area contributed by atoms with E-state index in [2.05, 4.69) is 15.3 Å². The van der Waals surface area contributed by atoms with Gasteiger partial charge in [-0.1, -0.05) is 32.5 Å². The van der Waals surface area contributed by atoms with Gasteiger partial charge in [0.25, 0.3) is 5.56 Å². The number of carbonyl (C=O) groups is 1. The van der Waals surface area contributed by atoms with Crippen LogP contribution in [0.4, 0.5) is 14.5 Å². The van der Waals surface area contributed by atoms with Crippen LogP contribution in [0.2, 0.25) is 0 Å². The molecule has 2 heterocycles. The van der Waals surface area contributed by atoms with E-state index in [0.717, 1.165) is 28.5 Å². The Morgan fingerprint density at radius 3 is 2.38 bits per heavy atom. The van der Waals surface area contributed by atoms with E-state index in [1.165, 1.54) is 18.7 Å². The molecule has 1 atom stereocenters. The van der Waals surface area contributed by atoms with Gasteiger partial charge in [-0.2, -0.15) is 0 Å². The molecule has 1 unspecified atom stereocenters. The number of amides is 1. The summed E-state index contributed by atoms with van der Waals surface area (Å²) >= 11 is 0.989. The Morgan fingerprint density at radius 1 is 1.12 bits per heavy atom. The van der Waals surface area contributed by atoms with Crippen LogP contribution in [0.25, 0.3) is 11.0 Å². The molecule has 170 valence electrons. The highest BCUT2D eigenvalue weighted by Gasteiger charge is 2.26. The van der Waals surface area contributed by atoms with Crippen molar-refractivity contribution < 1.29 is 13.6 Å². The van der Waals surface area contributed by atoms with Gasteiger partial charge in [-0.15, -0.1) is 0 Å². The molecule has 1 aromatic carbocycles. The van der Waals surface area contributed by atoms with Crippen LogP contribution in [0.1, 0.15) is 33.5 Å². The van der Waals surface area contributed by atoms with E-state index >= 15 is 0 Å². The molecule has 11 heteroatoms. The number of hydrogen-bond acceptors (Lipinski definition) is 6. The van der Waals surface area contributed by atoms with Gasteiger partial charge in [-0.3, -0.25) is 18.7 Å². The van der Waals surface area contributed by atoms with Crippen LogP contribution in [-0.2, 0) is 24.3 Å². The quantitative estimate of drug-likeness (QED) is 0.472. The molecule has 3 rings (SSSR count). The van der Waals surface area contributed by atoms with Crippen LogP contribution in [-0.4, -0.2) is 30.3 Å². The molecule has 0 spiro atoms. The monoisotopic (exact) mass is 463 g/mol. The summed E-state index contributed by atoms with van der Waals surface area (Å²) in [5.41, 5.74) is -1.61. The molecule has 0 aliphatic heterocycles. The zero-order valence-electron chi connectivity index (χ0n) is 18.5. The van der Waals surface area contributed by atoms with Gasteiger partial charge in [0.2, 0.25) is 5.91 Å². The van der Waals surface area contributed by atoms with Crippen LogP contribution in [0, 0.1) is 11.6 Å². The molecule has 0 radical (unpaired) electrons. The molecule has 2 aromatic heterocycles. The van der Waals surface area contributed by atoms with Gasteiger partial charge >= 0.3 is 5.69 Å². The third kappa shape index (κ3) is 4.43. The Morgan fingerprint density at radius 2 is 1.78 bits per heavy atom. The molecule has 0 saturated heterocycles. The number of halogens is 2.